The Kier molecular flexibility index (Phi) is 5.00. The van der Waals surface area contributed by atoms with E-state index in [1.807, 2.05) is 36.4 Å². The Morgan fingerprint density at radius 1 is 1.00 bits per heavy atom. The standard InChI is InChI=1S/C22H16ClNO4/c1-26-21(25)12-14-2-4-15(5-3-14)22-24-19-11-10-18(13-20(19)28-22)27-17-8-6-16(23)7-9-17/h2-11,13H,12H2,1H3. The number of hydrogen-bond donors (Lipinski definition) is 0. The van der Waals surface area contributed by atoms with Gasteiger partial charge in [0, 0.05) is 16.7 Å². The summed E-state index contributed by atoms with van der Waals surface area (Å²) < 4.78 is 16.4. The van der Waals surface area contributed by atoms with E-state index in [4.69, 9.17) is 20.8 Å². The van der Waals surface area contributed by atoms with Gasteiger partial charge in [-0.1, -0.05) is 23.7 Å². The molecule has 1 heterocycles. The molecule has 0 N–H and O–H groups in total. The Labute approximate surface area is 166 Å². The first-order valence-electron chi connectivity index (χ1n) is 8.61. The van der Waals surface area contributed by atoms with Crippen molar-refractivity contribution in [3.63, 3.8) is 0 Å². The van der Waals surface area contributed by atoms with E-state index in [-0.39, 0.29) is 12.4 Å². The summed E-state index contributed by atoms with van der Waals surface area (Å²) in [5.41, 5.74) is 3.05. The van der Waals surface area contributed by atoms with Crippen molar-refractivity contribution in [3.8, 4) is 23.0 Å². The second kappa shape index (κ2) is 7.74. The van der Waals surface area contributed by atoms with Gasteiger partial charge in [-0.15, -0.1) is 0 Å². The molecular formula is C22H16ClNO4. The number of fused-ring (bicyclic) bond motifs is 1. The maximum absolute atomic E-state index is 11.4. The fourth-order valence-electron chi connectivity index (χ4n) is 2.73. The molecular weight excluding hydrogens is 378 g/mol. The quantitative estimate of drug-likeness (QED) is 0.409. The Bertz CT molecular complexity index is 1120. The van der Waals surface area contributed by atoms with Gasteiger partial charge >= 0.3 is 5.97 Å². The predicted molar refractivity (Wildman–Crippen MR) is 107 cm³/mol. The number of halogens is 1. The fourth-order valence-corrected chi connectivity index (χ4v) is 2.86. The van der Waals surface area contributed by atoms with Gasteiger partial charge in [0.25, 0.3) is 0 Å². The van der Waals surface area contributed by atoms with Crippen LogP contribution >= 0.6 is 11.6 Å². The highest BCUT2D eigenvalue weighted by Gasteiger charge is 2.11. The summed E-state index contributed by atoms with van der Waals surface area (Å²) in [7, 11) is 1.37. The predicted octanol–water partition coefficient (Wildman–Crippen LogP) is 5.66. The van der Waals surface area contributed by atoms with Crippen molar-refractivity contribution in [3.05, 3.63) is 77.3 Å². The average molecular weight is 394 g/mol. The van der Waals surface area contributed by atoms with E-state index in [1.54, 1.807) is 30.3 Å². The number of aromatic nitrogens is 1. The number of rotatable bonds is 5. The van der Waals surface area contributed by atoms with Crippen LogP contribution in [-0.2, 0) is 16.0 Å². The molecule has 0 aliphatic heterocycles. The third kappa shape index (κ3) is 4.00. The molecule has 28 heavy (non-hydrogen) atoms. The SMILES string of the molecule is COC(=O)Cc1ccc(-c2nc3ccc(Oc4ccc(Cl)cc4)cc3o2)cc1. The van der Waals surface area contributed by atoms with Crippen LogP contribution in [0.1, 0.15) is 5.56 Å². The molecule has 0 aliphatic carbocycles. The number of oxazole rings is 1. The lowest BCUT2D eigenvalue weighted by Gasteiger charge is -2.04. The van der Waals surface area contributed by atoms with E-state index in [0.29, 0.717) is 28.0 Å². The number of ether oxygens (including phenoxy) is 2. The Balaban J connectivity index is 1.56. The zero-order chi connectivity index (χ0) is 19.5. The minimum Gasteiger partial charge on any atom is -0.469 e. The fraction of sp³-hybridized carbons (Fsp3) is 0.0909. The molecule has 0 saturated heterocycles. The van der Waals surface area contributed by atoms with Crippen molar-refractivity contribution in [1.82, 2.24) is 4.98 Å². The Hall–Kier alpha value is -3.31. The van der Waals surface area contributed by atoms with E-state index in [0.717, 1.165) is 16.6 Å². The van der Waals surface area contributed by atoms with Gasteiger partial charge < -0.3 is 13.9 Å². The highest BCUT2D eigenvalue weighted by Crippen LogP contribution is 2.30. The van der Waals surface area contributed by atoms with Crippen LogP contribution in [0.25, 0.3) is 22.6 Å². The average Bonchev–Trinajstić information content (AvgIpc) is 3.13. The number of methoxy groups -OCH3 is 1. The first-order chi connectivity index (χ1) is 13.6. The normalized spacial score (nSPS) is 10.8. The van der Waals surface area contributed by atoms with Crippen molar-refractivity contribution < 1.29 is 18.7 Å². The van der Waals surface area contributed by atoms with E-state index in [2.05, 4.69) is 9.72 Å². The van der Waals surface area contributed by atoms with Gasteiger partial charge in [0.2, 0.25) is 5.89 Å². The van der Waals surface area contributed by atoms with Gasteiger partial charge in [-0.05, 0) is 54.1 Å². The van der Waals surface area contributed by atoms with Crippen molar-refractivity contribution in [2.24, 2.45) is 0 Å². The molecule has 0 saturated carbocycles. The molecule has 0 bridgehead atoms. The van der Waals surface area contributed by atoms with Crippen LogP contribution in [0.15, 0.2) is 71.1 Å². The van der Waals surface area contributed by atoms with E-state index in [1.165, 1.54) is 7.11 Å². The van der Waals surface area contributed by atoms with Gasteiger partial charge in [0.05, 0.1) is 13.5 Å². The molecule has 4 rings (SSSR count). The summed E-state index contributed by atoms with van der Waals surface area (Å²) in [6.45, 7) is 0. The van der Waals surface area contributed by atoms with Gasteiger partial charge in [0.1, 0.15) is 17.0 Å². The highest BCUT2D eigenvalue weighted by atomic mass is 35.5. The number of benzene rings is 3. The molecule has 1 aromatic heterocycles. The highest BCUT2D eigenvalue weighted by molar-refractivity contribution is 6.30. The Morgan fingerprint density at radius 3 is 2.43 bits per heavy atom. The molecule has 140 valence electrons. The van der Waals surface area contributed by atoms with Gasteiger partial charge in [-0.3, -0.25) is 4.79 Å². The van der Waals surface area contributed by atoms with Crippen molar-refractivity contribution in [1.29, 1.82) is 0 Å². The molecule has 6 heteroatoms. The molecule has 0 fully saturated rings. The molecule has 0 amide bonds. The first kappa shape index (κ1) is 18.1. The molecule has 0 unspecified atom stereocenters. The monoisotopic (exact) mass is 393 g/mol. The summed E-state index contributed by atoms with van der Waals surface area (Å²) in [5, 5.41) is 0.653. The summed E-state index contributed by atoms with van der Waals surface area (Å²) in [6.07, 6.45) is 0.232. The van der Waals surface area contributed by atoms with E-state index >= 15 is 0 Å². The van der Waals surface area contributed by atoms with Crippen molar-refractivity contribution >= 4 is 28.7 Å². The molecule has 0 atom stereocenters. The molecule has 0 radical (unpaired) electrons. The third-order valence-corrected chi connectivity index (χ3v) is 4.44. The lowest BCUT2D eigenvalue weighted by atomic mass is 10.1. The van der Waals surface area contributed by atoms with Crippen LogP contribution < -0.4 is 4.74 Å². The smallest absolute Gasteiger partial charge is 0.309 e. The number of nitrogens with zero attached hydrogens (tertiary/aromatic N) is 1. The van der Waals surface area contributed by atoms with E-state index in [9.17, 15) is 4.79 Å². The van der Waals surface area contributed by atoms with Crippen LogP contribution in [-0.4, -0.2) is 18.1 Å². The van der Waals surface area contributed by atoms with Crippen LogP contribution in [0.2, 0.25) is 5.02 Å². The maximum Gasteiger partial charge on any atom is 0.309 e. The van der Waals surface area contributed by atoms with Crippen LogP contribution in [0.5, 0.6) is 11.5 Å². The van der Waals surface area contributed by atoms with Crippen LogP contribution in [0, 0.1) is 0 Å². The largest absolute Gasteiger partial charge is 0.469 e. The minimum atomic E-state index is -0.275. The molecule has 3 aromatic carbocycles. The van der Waals surface area contributed by atoms with Crippen LogP contribution in [0.4, 0.5) is 0 Å². The van der Waals surface area contributed by atoms with E-state index < -0.39 is 0 Å². The van der Waals surface area contributed by atoms with Crippen molar-refractivity contribution in [2.45, 2.75) is 6.42 Å². The zero-order valence-electron chi connectivity index (χ0n) is 15.0. The summed E-state index contributed by atoms with van der Waals surface area (Å²) in [4.78, 5) is 15.9. The van der Waals surface area contributed by atoms with Gasteiger partial charge in [0.15, 0.2) is 5.58 Å². The van der Waals surface area contributed by atoms with Gasteiger partial charge in [-0.2, -0.15) is 0 Å². The maximum atomic E-state index is 11.4. The summed E-state index contributed by atoms with van der Waals surface area (Å²) >= 11 is 5.89. The molecule has 4 aromatic rings. The number of carbonyl (C=O) groups is 1. The lowest BCUT2D eigenvalue weighted by molar-refractivity contribution is -0.139. The zero-order valence-corrected chi connectivity index (χ0v) is 15.8. The summed E-state index contributed by atoms with van der Waals surface area (Å²) in [5.74, 6) is 1.56. The molecule has 0 aliphatic rings. The third-order valence-electron chi connectivity index (χ3n) is 4.19. The van der Waals surface area contributed by atoms with Crippen molar-refractivity contribution in [2.75, 3.05) is 7.11 Å². The number of carbonyl (C=O) groups excluding carboxylic acids is 1. The molecule has 0 spiro atoms. The van der Waals surface area contributed by atoms with Gasteiger partial charge in [-0.25, -0.2) is 4.98 Å². The first-order valence-corrected chi connectivity index (χ1v) is 8.99. The second-order valence-electron chi connectivity index (χ2n) is 6.15. The second-order valence-corrected chi connectivity index (χ2v) is 6.59. The Morgan fingerprint density at radius 2 is 1.71 bits per heavy atom. The molecule has 5 nitrogen and oxygen atoms in total. The van der Waals surface area contributed by atoms with Crippen LogP contribution in [0.3, 0.4) is 0 Å². The lowest BCUT2D eigenvalue weighted by Crippen LogP contribution is -2.04. The summed E-state index contributed by atoms with van der Waals surface area (Å²) in [6, 6.07) is 20.1. The topological polar surface area (TPSA) is 61.6 Å². The minimum absolute atomic E-state index is 0.232. The number of hydrogen-bond acceptors (Lipinski definition) is 5. The number of esters is 1.